The van der Waals surface area contributed by atoms with Gasteiger partial charge in [-0.1, -0.05) is 18.3 Å². The summed E-state index contributed by atoms with van der Waals surface area (Å²) < 4.78 is 1.70. The fourth-order valence-corrected chi connectivity index (χ4v) is 2.09. The monoisotopic (exact) mass is 208 g/mol. The van der Waals surface area contributed by atoms with E-state index in [1.807, 2.05) is 6.07 Å². The van der Waals surface area contributed by atoms with Crippen LogP contribution in [0.15, 0.2) is 16.9 Å². The molecular formula is C10H12N2OS. The molecule has 1 aliphatic rings. The molecule has 1 heterocycles. The molecule has 0 aromatic carbocycles. The first kappa shape index (κ1) is 9.40. The van der Waals surface area contributed by atoms with Crippen LogP contribution in [0.2, 0.25) is 0 Å². The second-order valence-corrected chi connectivity index (χ2v) is 4.07. The summed E-state index contributed by atoms with van der Waals surface area (Å²) in [4.78, 5) is 11.9. The molecule has 0 saturated heterocycles. The number of aromatic nitrogens is 1. The van der Waals surface area contributed by atoms with Crippen LogP contribution >= 0.6 is 12.2 Å². The average Bonchev–Trinajstić information content (AvgIpc) is 2.57. The molecule has 0 aliphatic heterocycles. The number of rotatable bonds is 2. The molecule has 0 atom stereocenters. The lowest BCUT2D eigenvalue weighted by Crippen LogP contribution is -2.28. The van der Waals surface area contributed by atoms with Crippen LogP contribution in [0.1, 0.15) is 17.7 Å². The minimum atomic E-state index is -0.00144. The van der Waals surface area contributed by atoms with Gasteiger partial charge in [0.2, 0.25) is 0 Å². The first-order chi connectivity index (χ1) is 6.68. The maximum absolute atomic E-state index is 11.6. The van der Waals surface area contributed by atoms with Gasteiger partial charge in [0.25, 0.3) is 5.56 Å². The van der Waals surface area contributed by atoms with Crippen molar-refractivity contribution in [2.45, 2.75) is 25.8 Å². The first-order valence-electron chi connectivity index (χ1n) is 4.68. The van der Waals surface area contributed by atoms with E-state index < -0.39 is 0 Å². The lowest BCUT2D eigenvalue weighted by Gasteiger charge is -2.10. The predicted octanol–water partition coefficient (Wildman–Crippen LogP) is 0.623. The minimum Gasteiger partial charge on any atom is -0.392 e. The number of hydrogen-bond donors (Lipinski definition) is 1. The standard InChI is InChI=1S/C10H12N2OS/c11-9(14)6-12-8-3-1-2-7(8)4-5-10(12)13/h4-5H,1-3,6H2,(H2,11,14). The highest BCUT2D eigenvalue weighted by atomic mass is 32.1. The molecule has 2 N–H and O–H groups in total. The van der Waals surface area contributed by atoms with Gasteiger partial charge >= 0.3 is 0 Å². The Labute approximate surface area is 87.5 Å². The van der Waals surface area contributed by atoms with E-state index in [9.17, 15) is 4.79 Å². The molecule has 14 heavy (non-hydrogen) atoms. The highest BCUT2D eigenvalue weighted by Gasteiger charge is 2.15. The van der Waals surface area contributed by atoms with Crippen molar-refractivity contribution in [1.82, 2.24) is 4.57 Å². The van der Waals surface area contributed by atoms with Gasteiger partial charge in [-0.15, -0.1) is 0 Å². The van der Waals surface area contributed by atoms with E-state index in [0.717, 1.165) is 25.0 Å². The molecule has 4 heteroatoms. The summed E-state index contributed by atoms with van der Waals surface area (Å²) in [5.74, 6) is 0. The Morgan fingerprint density at radius 3 is 3.00 bits per heavy atom. The van der Waals surface area contributed by atoms with Gasteiger partial charge in [-0.25, -0.2) is 0 Å². The van der Waals surface area contributed by atoms with Crippen molar-refractivity contribution in [2.75, 3.05) is 0 Å². The van der Waals surface area contributed by atoms with Crippen LogP contribution in [0.25, 0.3) is 0 Å². The van der Waals surface area contributed by atoms with Crippen LogP contribution in [-0.2, 0) is 19.4 Å². The molecule has 0 unspecified atom stereocenters. The lowest BCUT2D eigenvalue weighted by molar-refractivity contribution is 0.743. The summed E-state index contributed by atoms with van der Waals surface area (Å²) in [7, 11) is 0. The smallest absolute Gasteiger partial charge is 0.251 e. The lowest BCUT2D eigenvalue weighted by atomic mass is 10.2. The molecule has 1 aromatic heterocycles. The normalized spacial score (nSPS) is 14.0. The van der Waals surface area contributed by atoms with E-state index in [0.29, 0.717) is 11.5 Å². The van der Waals surface area contributed by atoms with E-state index in [1.165, 1.54) is 5.56 Å². The molecule has 0 fully saturated rings. The Kier molecular flexibility index (Phi) is 2.37. The van der Waals surface area contributed by atoms with E-state index in [2.05, 4.69) is 0 Å². The molecular weight excluding hydrogens is 196 g/mol. The fourth-order valence-electron chi connectivity index (χ4n) is 1.96. The van der Waals surface area contributed by atoms with Gasteiger partial charge in [-0.05, 0) is 24.8 Å². The largest absolute Gasteiger partial charge is 0.392 e. The predicted molar refractivity (Wildman–Crippen MR) is 59.5 cm³/mol. The van der Waals surface area contributed by atoms with Crippen molar-refractivity contribution in [3.8, 4) is 0 Å². The van der Waals surface area contributed by atoms with Crippen molar-refractivity contribution in [1.29, 1.82) is 0 Å². The van der Waals surface area contributed by atoms with Crippen LogP contribution in [-0.4, -0.2) is 9.56 Å². The maximum atomic E-state index is 11.6. The van der Waals surface area contributed by atoms with Gasteiger partial charge < -0.3 is 10.3 Å². The summed E-state index contributed by atoms with van der Waals surface area (Å²) in [6, 6.07) is 3.52. The second-order valence-electron chi connectivity index (χ2n) is 3.55. The topological polar surface area (TPSA) is 48.0 Å². The highest BCUT2D eigenvalue weighted by Crippen LogP contribution is 2.19. The van der Waals surface area contributed by atoms with Crippen molar-refractivity contribution >= 4 is 17.2 Å². The van der Waals surface area contributed by atoms with E-state index in [1.54, 1.807) is 10.6 Å². The van der Waals surface area contributed by atoms with Gasteiger partial charge in [0.05, 0.1) is 11.5 Å². The Morgan fingerprint density at radius 1 is 1.50 bits per heavy atom. The molecule has 0 saturated carbocycles. The molecule has 2 rings (SSSR count). The van der Waals surface area contributed by atoms with E-state index in [4.69, 9.17) is 18.0 Å². The van der Waals surface area contributed by atoms with E-state index >= 15 is 0 Å². The van der Waals surface area contributed by atoms with Gasteiger partial charge in [-0.3, -0.25) is 4.79 Å². The third kappa shape index (κ3) is 1.57. The summed E-state index contributed by atoms with van der Waals surface area (Å²) in [5, 5.41) is 0. The Bertz CT molecular complexity index is 436. The average molecular weight is 208 g/mol. The number of fused-ring (bicyclic) bond motifs is 1. The zero-order chi connectivity index (χ0) is 10.1. The molecule has 1 aliphatic carbocycles. The molecule has 3 nitrogen and oxygen atoms in total. The van der Waals surface area contributed by atoms with Gasteiger partial charge in [0, 0.05) is 11.8 Å². The summed E-state index contributed by atoms with van der Waals surface area (Å²) in [6.45, 7) is 0.372. The molecule has 0 amide bonds. The number of thiocarbonyl (C=S) groups is 1. The van der Waals surface area contributed by atoms with Crippen LogP contribution in [0, 0.1) is 0 Å². The summed E-state index contributed by atoms with van der Waals surface area (Å²) in [6.07, 6.45) is 3.15. The van der Waals surface area contributed by atoms with Gasteiger partial charge in [0.15, 0.2) is 0 Å². The van der Waals surface area contributed by atoms with Crippen LogP contribution in [0.3, 0.4) is 0 Å². The van der Waals surface area contributed by atoms with Gasteiger partial charge in [-0.2, -0.15) is 0 Å². The molecule has 0 spiro atoms. The summed E-state index contributed by atoms with van der Waals surface area (Å²) in [5.41, 5.74) is 7.84. The summed E-state index contributed by atoms with van der Waals surface area (Å²) >= 11 is 4.83. The first-order valence-corrected chi connectivity index (χ1v) is 5.09. The van der Waals surface area contributed by atoms with Crippen molar-refractivity contribution in [3.63, 3.8) is 0 Å². The highest BCUT2D eigenvalue weighted by molar-refractivity contribution is 7.80. The van der Waals surface area contributed by atoms with Crippen LogP contribution in [0.5, 0.6) is 0 Å². The number of pyridine rings is 1. The van der Waals surface area contributed by atoms with Crippen molar-refractivity contribution < 1.29 is 0 Å². The second kappa shape index (κ2) is 3.53. The van der Waals surface area contributed by atoms with Crippen molar-refractivity contribution in [3.05, 3.63) is 33.7 Å². The number of nitrogens with two attached hydrogens (primary N) is 1. The zero-order valence-electron chi connectivity index (χ0n) is 7.82. The van der Waals surface area contributed by atoms with Crippen LogP contribution < -0.4 is 11.3 Å². The molecule has 1 aromatic rings. The number of nitrogens with zero attached hydrogens (tertiary/aromatic N) is 1. The third-order valence-corrected chi connectivity index (χ3v) is 2.69. The Morgan fingerprint density at radius 2 is 2.29 bits per heavy atom. The van der Waals surface area contributed by atoms with E-state index in [-0.39, 0.29) is 5.56 Å². The molecule has 0 radical (unpaired) electrons. The molecule has 0 bridgehead atoms. The SMILES string of the molecule is NC(=S)Cn1c2c(ccc1=O)CCC2. The third-order valence-electron chi connectivity index (χ3n) is 2.56. The maximum Gasteiger partial charge on any atom is 0.251 e. The van der Waals surface area contributed by atoms with Gasteiger partial charge in [0.1, 0.15) is 0 Å². The fraction of sp³-hybridized carbons (Fsp3) is 0.400. The number of aryl methyl sites for hydroxylation is 1. The Hall–Kier alpha value is -1.16. The quantitative estimate of drug-likeness (QED) is 0.725. The minimum absolute atomic E-state index is 0.00144. The molecule has 74 valence electrons. The number of hydrogen-bond acceptors (Lipinski definition) is 2. The Balaban J connectivity index is 2.51. The van der Waals surface area contributed by atoms with Crippen LogP contribution in [0.4, 0.5) is 0 Å². The zero-order valence-corrected chi connectivity index (χ0v) is 8.64. The van der Waals surface area contributed by atoms with Crippen molar-refractivity contribution in [2.24, 2.45) is 5.73 Å².